The highest BCUT2D eigenvalue weighted by Crippen LogP contribution is 2.07. The smallest absolute Gasteiger partial charge is 0.321 e. The van der Waals surface area contributed by atoms with Crippen molar-refractivity contribution in [1.29, 1.82) is 0 Å². The highest BCUT2D eigenvalue weighted by molar-refractivity contribution is 5.95. The molecule has 1 heterocycles. The van der Waals surface area contributed by atoms with Gasteiger partial charge in [-0.3, -0.25) is 15.0 Å². The number of nitrogens with one attached hydrogen (secondary N) is 2. The largest absolute Gasteiger partial charge is 0.334 e. The van der Waals surface area contributed by atoms with E-state index in [1.54, 1.807) is 6.08 Å². The maximum Gasteiger partial charge on any atom is 0.321 e. The van der Waals surface area contributed by atoms with Crippen molar-refractivity contribution in [1.82, 2.24) is 15.5 Å². The molecule has 0 bridgehead atoms. The second-order valence-electron chi connectivity index (χ2n) is 3.88. The average Bonchev–Trinajstić information content (AvgIpc) is 2.27. The molecule has 90 valence electrons. The van der Waals surface area contributed by atoms with E-state index in [0.717, 1.165) is 25.9 Å². The van der Waals surface area contributed by atoms with Crippen molar-refractivity contribution < 1.29 is 9.59 Å². The number of urea groups is 1. The molecule has 0 aromatic carbocycles. The monoisotopic (exact) mass is 225 g/mol. The summed E-state index contributed by atoms with van der Waals surface area (Å²) < 4.78 is 0. The van der Waals surface area contributed by atoms with Gasteiger partial charge in [0.15, 0.2) is 0 Å². The van der Waals surface area contributed by atoms with E-state index >= 15 is 0 Å². The predicted molar refractivity (Wildman–Crippen MR) is 62.0 cm³/mol. The molecule has 3 amide bonds. The van der Waals surface area contributed by atoms with Gasteiger partial charge in [0.1, 0.15) is 0 Å². The Morgan fingerprint density at radius 3 is 2.56 bits per heavy atom. The summed E-state index contributed by atoms with van der Waals surface area (Å²) in [6.07, 6.45) is 5.07. The van der Waals surface area contributed by atoms with E-state index in [-0.39, 0.29) is 5.91 Å². The number of amides is 3. The first-order chi connectivity index (χ1) is 7.72. The number of piperidine rings is 1. The van der Waals surface area contributed by atoms with Crippen molar-refractivity contribution in [3.8, 4) is 0 Å². The minimum Gasteiger partial charge on any atom is -0.334 e. The van der Waals surface area contributed by atoms with Crippen molar-refractivity contribution in [2.75, 3.05) is 26.2 Å². The van der Waals surface area contributed by atoms with E-state index in [1.165, 1.54) is 6.42 Å². The van der Waals surface area contributed by atoms with E-state index in [4.69, 9.17) is 0 Å². The Morgan fingerprint density at radius 2 is 1.94 bits per heavy atom. The summed E-state index contributed by atoms with van der Waals surface area (Å²) in [6.45, 7) is 6.03. The molecule has 0 unspecified atom stereocenters. The molecule has 0 atom stereocenters. The highest BCUT2D eigenvalue weighted by atomic mass is 16.2. The Morgan fingerprint density at radius 1 is 1.25 bits per heavy atom. The van der Waals surface area contributed by atoms with E-state index < -0.39 is 6.03 Å². The zero-order valence-electron chi connectivity index (χ0n) is 9.50. The van der Waals surface area contributed by atoms with Crippen LogP contribution in [0, 0.1) is 0 Å². The minimum absolute atomic E-state index is 0.247. The molecule has 5 nitrogen and oxygen atoms in total. The quantitative estimate of drug-likeness (QED) is 0.684. The minimum atomic E-state index is -0.457. The van der Waals surface area contributed by atoms with Gasteiger partial charge in [0.25, 0.3) is 0 Å². The standard InChI is InChI=1S/C11H19N3O2/c1-2-6-12-11(16)13-10(15)9-14-7-4-3-5-8-14/h2H,1,3-9H2,(H2,12,13,15,16). The first-order valence-corrected chi connectivity index (χ1v) is 5.63. The van der Waals surface area contributed by atoms with E-state index in [9.17, 15) is 9.59 Å². The van der Waals surface area contributed by atoms with Crippen molar-refractivity contribution in [2.24, 2.45) is 0 Å². The summed E-state index contributed by atoms with van der Waals surface area (Å²) in [6, 6.07) is -0.457. The van der Waals surface area contributed by atoms with Crippen molar-refractivity contribution in [3.05, 3.63) is 12.7 Å². The lowest BCUT2D eigenvalue weighted by Crippen LogP contribution is -2.45. The van der Waals surface area contributed by atoms with Gasteiger partial charge >= 0.3 is 6.03 Å². The molecule has 1 aliphatic rings. The molecule has 0 saturated carbocycles. The number of imide groups is 1. The van der Waals surface area contributed by atoms with Gasteiger partial charge in [0.2, 0.25) is 5.91 Å². The second kappa shape index (κ2) is 7.00. The first-order valence-electron chi connectivity index (χ1n) is 5.63. The van der Waals surface area contributed by atoms with Gasteiger partial charge in [0.05, 0.1) is 6.54 Å². The lowest BCUT2D eigenvalue weighted by molar-refractivity contribution is -0.121. The van der Waals surface area contributed by atoms with Crippen LogP contribution in [0.25, 0.3) is 0 Å². The van der Waals surface area contributed by atoms with E-state index in [1.807, 2.05) is 0 Å². The van der Waals surface area contributed by atoms with Crippen LogP contribution in [0.15, 0.2) is 12.7 Å². The molecule has 5 heteroatoms. The van der Waals surface area contributed by atoms with E-state index in [0.29, 0.717) is 13.1 Å². The number of rotatable bonds is 4. The Kier molecular flexibility index (Phi) is 5.56. The highest BCUT2D eigenvalue weighted by Gasteiger charge is 2.14. The molecule has 16 heavy (non-hydrogen) atoms. The summed E-state index contributed by atoms with van der Waals surface area (Å²) >= 11 is 0. The fourth-order valence-corrected chi connectivity index (χ4v) is 1.70. The van der Waals surface area contributed by atoms with Crippen LogP contribution in [-0.2, 0) is 4.79 Å². The number of carbonyl (C=O) groups excluding carboxylic acids is 2. The second-order valence-corrected chi connectivity index (χ2v) is 3.88. The molecule has 1 aliphatic heterocycles. The number of carbonyl (C=O) groups is 2. The Bertz CT molecular complexity index is 260. The molecule has 0 spiro atoms. The number of likely N-dealkylation sites (tertiary alicyclic amines) is 1. The van der Waals surface area contributed by atoms with Crippen LogP contribution >= 0.6 is 0 Å². The van der Waals surface area contributed by atoms with Gasteiger partial charge in [-0.1, -0.05) is 12.5 Å². The van der Waals surface area contributed by atoms with Crippen molar-refractivity contribution in [2.45, 2.75) is 19.3 Å². The van der Waals surface area contributed by atoms with Gasteiger partial charge < -0.3 is 5.32 Å². The molecule has 0 aromatic rings. The normalized spacial score (nSPS) is 16.5. The lowest BCUT2D eigenvalue weighted by Gasteiger charge is -2.25. The zero-order valence-corrected chi connectivity index (χ0v) is 9.50. The van der Waals surface area contributed by atoms with Gasteiger partial charge in [-0.15, -0.1) is 6.58 Å². The zero-order chi connectivity index (χ0) is 11.8. The predicted octanol–water partition coefficient (Wildman–Crippen LogP) is 0.484. The van der Waals surface area contributed by atoms with Crippen LogP contribution in [0.2, 0.25) is 0 Å². The topological polar surface area (TPSA) is 61.4 Å². The third-order valence-corrected chi connectivity index (χ3v) is 2.48. The summed E-state index contributed by atoms with van der Waals surface area (Å²) in [5.74, 6) is -0.247. The summed E-state index contributed by atoms with van der Waals surface area (Å²) in [7, 11) is 0. The summed E-state index contributed by atoms with van der Waals surface area (Å²) in [4.78, 5) is 24.7. The van der Waals surface area contributed by atoms with Gasteiger partial charge in [-0.05, 0) is 25.9 Å². The Balaban J connectivity index is 2.18. The van der Waals surface area contributed by atoms with Crippen LogP contribution in [-0.4, -0.2) is 43.0 Å². The Hall–Kier alpha value is -1.36. The maximum atomic E-state index is 11.4. The number of hydrogen-bond donors (Lipinski definition) is 2. The molecular weight excluding hydrogens is 206 g/mol. The summed E-state index contributed by atoms with van der Waals surface area (Å²) in [5, 5.41) is 4.78. The molecule has 0 aromatic heterocycles. The first kappa shape index (κ1) is 12.7. The van der Waals surface area contributed by atoms with Gasteiger partial charge in [0, 0.05) is 6.54 Å². The van der Waals surface area contributed by atoms with Gasteiger partial charge in [-0.2, -0.15) is 0 Å². The molecule has 0 aliphatic carbocycles. The Labute approximate surface area is 95.9 Å². The van der Waals surface area contributed by atoms with Crippen LogP contribution < -0.4 is 10.6 Å². The molecule has 1 saturated heterocycles. The molecular formula is C11H19N3O2. The van der Waals surface area contributed by atoms with Gasteiger partial charge in [-0.25, -0.2) is 4.79 Å². The lowest BCUT2D eigenvalue weighted by atomic mass is 10.1. The fraction of sp³-hybridized carbons (Fsp3) is 0.636. The fourth-order valence-electron chi connectivity index (χ4n) is 1.70. The van der Waals surface area contributed by atoms with Crippen LogP contribution in [0.4, 0.5) is 4.79 Å². The summed E-state index contributed by atoms with van der Waals surface area (Å²) in [5.41, 5.74) is 0. The number of hydrogen-bond acceptors (Lipinski definition) is 3. The molecule has 1 rings (SSSR count). The molecule has 2 N–H and O–H groups in total. The third-order valence-electron chi connectivity index (χ3n) is 2.48. The van der Waals surface area contributed by atoms with E-state index in [2.05, 4.69) is 22.1 Å². The van der Waals surface area contributed by atoms with Crippen LogP contribution in [0.3, 0.4) is 0 Å². The maximum absolute atomic E-state index is 11.4. The molecule has 1 fully saturated rings. The molecule has 0 radical (unpaired) electrons. The number of nitrogens with zero attached hydrogens (tertiary/aromatic N) is 1. The van der Waals surface area contributed by atoms with Crippen molar-refractivity contribution >= 4 is 11.9 Å². The SMILES string of the molecule is C=CCNC(=O)NC(=O)CN1CCCCC1. The van der Waals surface area contributed by atoms with Crippen LogP contribution in [0.5, 0.6) is 0 Å². The average molecular weight is 225 g/mol. The van der Waals surface area contributed by atoms with Crippen molar-refractivity contribution in [3.63, 3.8) is 0 Å². The van der Waals surface area contributed by atoms with Crippen LogP contribution in [0.1, 0.15) is 19.3 Å². The third kappa shape index (κ3) is 4.93.